The van der Waals surface area contributed by atoms with E-state index in [9.17, 15) is 9.59 Å². The number of carbonyl (C=O) groups excluding carboxylic acids is 2. The van der Waals surface area contributed by atoms with Gasteiger partial charge in [0.1, 0.15) is 5.75 Å². The monoisotopic (exact) mass is 372 g/mol. The molecular formula is C14H17BrN2O3S. The number of benzene rings is 1. The first-order valence-electron chi connectivity index (χ1n) is 6.61. The number of amides is 2. The minimum absolute atomic E-state index is 0.0662. The van der Waals surface area contributed by atoms with Crippen LogP contribution in [0, 0.1) is 0 Å². The van der Waals surface area contributed by atoms with Gasteiger partial charge in [0.15, 0.2) is 0 Å². The molecule has 0 bridgehead atoms. The van der Waals surface area contributed by atoms with Crippen molar-refractivity contribution >= 4 is 38.8 Å². The Morgan fingerprint density at radius 2 is 2.33 bits per heavy atom. The Morgan fingerprint density at radius 1 is 1.52 bits per heavy atom. The molecule has 2 amide bonds. The Morgan fingerprint density at radius 3 is 3.00 bits per heavy atom. The topological polar surface area (TPSA) is 58.6 Å². The summed E-state index contributed by atoms with van der Waals surface area (Å²) < 4.78 is 6.20. The number of nitrogens with one attached hydrogen (secondary N) is 1. The molecule has 0 aromatic heterocycles. The minimum atomic E-state index is -0.0678. The quantitative estimate of drug-likeness (QED) is 0.833. The van der Waals surface area contributed by atoms with Gasteiger partial charge in [-0.15, -0.1) is 0 Å². The maximum absolute atomic E-state index is 11.9. The summed E-state index contributed by atoms with van der Waals surface area (Å²) in [6.07, 6.45) is 0.322. The van der Waals surface area contributed by atoms with Gasteiger partial charge in [-0.25, -0.2) is 0 Å². The highest BCUT2D eigenvalue weighted by Gasteiger charge is 2.21. The van der Waals surface area contributed by atoms with Gasteiger partial charge in [-0.1, -0.05) is 27.7 Å². The minimum Gasteiger partial charge on any atom is -0.496 e. The molecule has 0 aliphatic carbocycles. The van der Waals surface area contributed by atoms with Crippen molar-refractivity contribution in [3.05, 3.63) is 28.2 Å². The van der Waals surface area contributed by atoms with Crippen LogP contribution in [0.5, 0.6) is 5.75 Å². The molecule has 1 saturated heterocycles. The van der Waals surface area contributed by atoms with E-state index >= 15 is 0 Å². The molecule has 1 heterocycles. The second kappa shape index (κ2) is 7.70. The molecule has 0 unspecified atom stereocenters. The van der Waals surface area contributed by atoms with Gasteiger partial charge >= 0.3 is 0 Å². The van der Waals surface area contributed by atoms with Crippen LogP contribution in [-0.4, -0.2) is 42.0 Å². The normalized spacial score (nSPS) is 14.4. The van der Waals surface area contributed by atoms with E-state index in [1.807, 2.05) is 18.2 Å². The molecule has 0 saturated carbocycles. The average Bonchev–Trinajstić information content (AvgIpc) is 2.88. The number of rotatable bonds is 6. The zero-order chi connectivity index (χ0) is 15.2. The predicted octanol–water partition coefficient (Wildman–Crippen LogP) is 2.63. The number of hydrogen-bond acceptors (Lipinski definition) is 4. The number of ether oxygens (including phenoxy) is 1. The second-order valence-electron chi connectivity index (χ2n) is 4.58. The van der Waals surface area contributed by atoms with Crippen LogP contribution in [-0.2, 0) is 11.3 Å². The first kappa shape index (κ1) is 16.2. The van der Waals surface area contributed by atoms with Gasteiger partial charge in [-0.2, -0.15) is 0 Å². The fraction of sp³-hybridized carbons (Fsp3) is 0.429. The lowest BCUT2D eigenvalue weighted by atomic mass is 10.2. The third-order valence-corrected chi connectivity index (χ3v) is 4.56. The van der Waals surface area contributed by atoms with Crippen LogP contribution in [0.3, 0.4) is 0 Å². The highest BCUT2D eigenvalue weighted by atomic mass is 79.9. The van der Waals surface area contributed by atoms with Crippen LogP contribution in [0.2, 0.25) is 0 Å². The standard InChI is InChI=1S/C14H17BrN2O3S/c1-20-12-3-2-11(15)8-10(12)9-16-13(18)4-5-17-6-7-21-14(17)19/h2-3,8H,4-7,9H2,1H3,(H,16,18). The van der Waals surface area contributed by atoms with Crippen molar-refractivity contribution in [2.24, 2.45) is 0 Å². The van der Waals surface area contributed by atoms with Crippen LogP contribution in [0.25, 0.3) is 0 Å². The lowest BCUT2D eigenvalue weighted by Gasteiger charge is -2.14. The zero-order valence-electron chi connectivity index (χ0n) is 11.7. The van der Waals surface area contributed by atoms with E-state index in [4.69, 9.17) is 4.74 Å². The van der Waals surface area contributed by atoms with Gasteiger partial charge in [0.2, 0.25) is 5.91 Å². The summed E-state index contributed by atoms with van der Waals surface area (Å²) in [4.78, 5) is 25.0. The van der Waals surface area contributed by atoms with Crippen LogP contribution >= 0.6 is 27.7 Å². The molecule has 5 nitrogen and oxygen atoms in total. The number of hydrogen-bond donors (Lipinski definition) is 1. The predicted molar refractivity (Wildman–Crippen MR) is 86.6 cm³/mol. The van der Waals surface area contributed by atoms with Gasteiger partial charge in [0, 0.05) is 41.8 Å². The van der Waals surface area contributed by atoms with Gasteiger partial charge in [0.25, 0.3) is 5.24 Å². The molecule has 1 aromatic carbocycles. The largest absolute Gasteiger partial charge is 0.496 e. The maximum atomic E-state index is 11.9. The fourth-order valence-corrected chi connectivity index (χ4v) is 3.29. The van der Waals surface area contributed by atoms with E-state index in [0.717, 1.165) is 28.1 Å². The number of nitrogens with zero attached hydrogens (tertiary/aromatic N) is 1. The maximum Gasteiger partial charge on any atom is 0.281 e. The van der Waals surface area contributed by atoms with Gasteiger partial charge < -0.3 is 15.0 Å². The summed E-state index contributed by atoms with van der Waals surface area (Å²) in [5, 5.41) is 2.92. The molecule has 114 valence electrons. The Labute approximate surface area is 136 Å². The van der Waals surface area contributed by atoms with E-state index in [0.29, 0.717) is 19.5 Å². The summed E-state index contributed by atoms with van der Waals surface area (Å²) in [5.41, 5.74) is 0.910. The molecule has 0 atom stereocenters. The molecule has 21 heavy (non-hydrogen) atoms. The first-order chi connectivity index (χ1) is 10.1. The highest BCUT2D eigenvalue weighted by Crippen LogP contribution is 2.22. The van der Waals surface area contributed by atoms with Gasteiger partial charge in [-0.05, 0) is 18.2 Å². The molecule has 0 radical (unpaired) electrons. The molecule has 1 N–H and O–H groups in total. The summed E-state index contributed by atoms with van der Waals surface area (Å²) >= 11 is 4.71. The lowest BCUT2D eigenvalue weighted by molar-refractivity contribution is -0.121. The van der Waals surface area contributed by atoms with Crippen molar-refractivity contribution in [1.82, 2.24) is 10.2 Å². The van der Waals surface area contributed by atoms with Crippen molar-refractivity contribution in [2.75, 3.05) is 26.0 Å². The number of carbonyl (C=O) groups is 2. The molecule has 1 fully saturated rings. The van der Waals surface area contributed by atoms with Gasteiger partial charge in [-0.3, -0.25) is 9.59 Å². The van der Waals surface area contributed by atoms with Crippen molar-refractivity contribution in [3.63, 3.8) is 0 Å². The highest BCUT2D eigenvalue weighted by molar-refractivity contribution is 9.10. The summed E-state index contributed by atoms with van der Waals surface area (Å²) in [6.45, 7) is 1.62. The molecule has 7 heteroatoms. The summed E-state index contributed by atoms with van der Waals surface area (Å²) in [7, 11) is 1.60. The van der Waals surface area contributed by atoms with Crippen molar-refractivity contribution in [2.45, 2.75) is 13.0 Å². The van der Waals surface area contributed by atoms with E-state index in [1.54, 1.807) is 12.0 Å². The van der Waals surface area contributed by atoms with Crippen LogP contribution < -0.4 is 10.1 Å². The molecular weight excluding hydrogens is 356 g/mol. The third-order valence-electron chi connectivity index (χ3n) is 3.17. The number of halogens is 1. The Balaban J connectivity index is 1.81. The van der Waals surface area contributed by atoms with E-state index < -0.39 is 0 Å². The Bertz CT molecular complexity index is 539. The zero-order valence-corrected chi connectivity index (χ0v) is 14.1. The Kier molecular flexibility index (Phi) is 5.93. The van der Waals surface area contributed by atoms with Crippen molar-refractivity contribution in [3.8, 4) is 5.75 Å². The van der Waals surface area contributed by atoms with Gasteiger partial charge in [0.05, 0.1) is 7.11 Å². The summed E-state index contributed by atoms with van der Waals surface area (Å²) in [5.74, 6) is 1.49. The summed E-state index contributed by atoms with van der Waals surface area (Å²) in [6, 6.07) is 5.66. The van der Waals surface area contributed by atoms with E-state index in [1.165, 1.54) is 11.8 Å². The fourth-order valence-electron chi connectivity index (χ4n) is 2.03. The molecule has 1 aromatic rings. The molecule has 1 aliphatic heterocycles. The average molecular weight is 373 g/mol. The lowest BCUT2D eigenvalue weighted by Crippen LogP contribution is -2.30. The van der Waals surface area contributed by atoms with E-state index in [-0.39, 0.29) is 11.1 Å². The second-order valence-corrected chi connectivity index (χ2v) is 6.55. The smallest absolute Gasteiger partial charge is 0.281 e. The number of methoxy groups -OCH3 is 1. The molecule has 0 spiro atoms. The SMILES string of the molecule is COc1ccc(Br)cc1CNC(=O)CCN1CCSC1=O. The van der Waals surface area contributed by atoms with Crippen LogP contribution in [0.1, 0.15) is 12.0 Å². The Hall–Kier alpha value is -1.21. The van der Waals surface area contributed by atoms with Crippen LogP contribution in [0.4, 0.5) is 4.79 Å². The third kappa shape index (κ3) is 4.64. The number of thioether (sulfide) groups is 1. The van der Waals surface area contributed by atoms with Crippen LogP contribution in [0.15, 0.2) is 22.7 Å². The molecule has 2 rings (SSSR count). The van der Waals surface area contributed by atoms with Crippen molar-refractivity contribution < 1.29 is 14.3 Å². The van der Waals surface area contributed by atoms with E-state index in [2.05, 4.69) is 21.2 Å². The first-order valence-corrected chi connectivity index (χ1v) is 8.39. The van der Waals surface area contributed by atoms with Crippen molar-refractivity contribution in [1.29, 1.82) is 0 Å². The molecule has 1 aliphatic rings.